The summed E-state index contributed by atoms with van der Waals surface area (Å²) in [5.74, 6) is 0.957. The van der Waals surface area contributed by atoms with Gasteiger partial charge in [-0.3, -0.25) is 4.79 Å². The Labute approximate surface area is 94.8 Å². The smallest absolute Gasteiger partial charge is 0.217 e. The Morgan fingerprint density at radius 1 is 1.27 bits per heavy atom. The van der Waals surface area contributed by atoms with Gasteiger partial charge in [0.1, 0.15) is 0 Å². The monoisotopic (exact) mass is 213 g/mol. The Balaban J connectivity index is 0.000000921. The third-order valence-electron chi connectivity index (χ3n) is 2.86. The highest BCUT2D eigenvalue weighted by Crippen LogP contribution is 2.27. The van der Waals surface area contributed by atoms with Gasteiger partial charge in [-0.15, -0.1) is 0 Å². The van der Waals surface area contributed by atoms with Gasteiger partial charge in [0.2, 0.25) is 5.91 Å². The lowest BCUT2D eigenvalue weighted by Crippen LogP contribution is -2.32. The van der Waals surface area contributed by atoms with E-state index in [1.54, 1.807) is 6.92 Å². The lowest BCUT2D eigenvalue weighted by Gasteiger charge is -2.24. The van der Waals surface area contributed by atoms with E-state index in [0.717, 1.165) is 5.92 Å². The molecule has 0 spiro atoms. The SMILES string of the molecule is CC.CC(=O)NC(C)CC1CCCCC1. The highest BCUT2D eigenvalue weighted by Gasteiger charge is 2.16. The molecule has 1 unspecified atom stereocenters. The number of hydrogen-bond donors (Lipinski definition) is 1. The molecule has 1 atom stereocenters. The Bertz CT molecular complexity index is 162. The zero-order valence-electron chi connectivity index (χ0n) is 10.8. The number of carbonyl (C=O) groups is 1. The number of rotatable bonds is 3. The van der Waals surface area contributed by atoms with Crippen LogP contribution in [0.15, 0.2) is 0 Å². The third kappa shape index (κ3) is 7.40. The van der Waals surface area contributed by atoms with Crippen LogP contribution in [0.1, 0.15) is 66.2 Å². The summed E-state index contributed by atoms with van der Waals surface area (Å²) >= 11 is 0. The highest BCUT2D eigenvalue weighted by molar-refractivity contribution is 5.73. The van der Waals surface area contributed by atoms with Crippen molar-refractivity contribution >= 4 is 5.91 Å². The molecule has 1 N–H and O–H groups in total. The molecule has 2 heteroatoms. The molecule has 1 fully saturated rings. The molecule has 1 aliphatic rings. The van der Waals surface area contributed by atoms with Crippen LogP contribution in [0.4, 0.5) is 0 Å². The van der Waals surface area contributed by atoms with E-state index in [2.05, 4.69) is 12.2 Å². The van der Waals surface area contributed by atoms with Crippen molar-refractivity contribution in [1.82, 2.24) is 5.32 Å². The molecule has 15 heavy (non-hydrogen) atoms. The number of carbonyl (C=O) groups excluding carboxylic acids is 1. The summed E-state index contributed by atoms with van der Waals surface area (Å²) in [6.45, 7) is 7.70. The molecule has 0 bridgehead atoms. The van der Waals surface area contributed by atoms with Crippen molar-refractivity contribution in [2.24, 2.45) is 5.92 Å². The largest absolute Gasteiger partial charge is 0.354 e. The first-order chi connectivity index (χ1) is 7.18. The van der Waals surface area contributed by atoms with E-state index in [0.29, 0.717) is 6.04 Å². The summed E-state index contributed by atoms with van der Waals surface area (Å²) in [5.41, 5.74) is 0. The van der Waals surface area contributed by atoms with Crippen molar-refractivity contribution in [1.29, 1.82) is 0 Å². The Hall–Kier alpha value is -0.530. The third-order valence-corrected chi connectivity index (χ3v) is 2.86. The Morgan fingerprint density at radius 3 is 2.27 bits per heavy atom. The van der Waals surface area contributed by atoms with Gasteiger partial charge < -0.3 is 5.32 Å². The zero-order chi connectivity index (χ0) is 11.7. The number of hydrogen-bond acceptors (Lipinski definition) is 1. The topological polar surface area (TPSA) is 29.1 Å². The van der Waals surface area contributed by atoms with E-state index in [4.69, 9.17) is 0 Å². The van der Waals surface area contributed by atoms with Crippen LogP contribution in [0.2, 0.25) is 0 Å². The molecule has 0 aromatic carbocycles. The molecule has 0 saturated heterocycles. The Morgan fingerprint density at radius 2 is 1.80 bits per heavy atom. The molecular formula is C13H27NO. The van der Waals surface area contributed by atoms with Crippen LogP contribution in [0.3, 0.4) is 0 Å². The molecule has 2 nitrogen and oxygen atoms in total. The van der Waals surface area contributed by atoms with Crippen molar-refractivity contribution in [3.8, 4) is 0 Å². The quantitative estimate of drug-likeness (QED) is 0.763. The van der Waals surface area contributed by atoms with Gasteiger partial charge in [-0.1, -0.05) is 46.0 Å². The predicted octanol–water partition coefficient (Wildman–Crippen LogP) is 3.51. The van der Waals surface area contributed by atoms with Gasteiger partial charge in [-0.05, 0) is 19.3 Å². The van der Waals surface area contributed by atoms with Crippen molar-refractivity contribution in [2.75, 3.05) is 0 Å². The second kappa shape index (κ2) is 8.75. The van der Waals surface area contributed by atoms with E-state index in [9.17, 15) is 4.79 Å². The maximum Gasteiger partial charge on any atom is 0.217 e. The van der Waals surface area contributed by atoms with E-state index in [1.807, 2.05) is 13.8 Å². The van der Waals surface area contributed by atoms with E-state index in [1.165, 1.54) is 38.5 Å². The van der Waals surface area contributed by atoms with Crippen LogP contribution < -0.4 is 5.32 Å². The second-order valence-corrected chi connectivity index (χ2v) is 4.34. The molecule has 1 amide bonds. The molecule has 1 aliphatic carbocycles. The molecule has 1 rings (SSSR count). The summed E-state index contributed by atoms with van der Waals surface area (Å²) in [7, 11) is 0. The number of amides is 1. The van der Waals surface area contributed by atoms with Crippen molar-refractivity contribution in [3.63, 3.8) is 0 Å². The maximum absolute atomic E-state index is 10.8. The summed E-state index contributed by atoms with van der Waals surface area (Å²) in [4.78, 5) is 10.8. The lowest BCUT2D eigenvalue weighted by molar-refractivity contribution is -0.119. The van der Waals surface area contributed by atoms with Gasteiger partial charge in [0.15, 0.2) is 0 Å². The fraction of sp³-hybridized carbons (Fsp3) is 0.923. The summed E-state index contributed by atoms with van der Waals surface area (Å²) in [6.07, 6.45) is 8.08. The molecule has 0 heterocycles. The summed E-state index contributed by atoms with van der Waals surface area (Å²) in [6, 6.07) is 0.362. The zero-order valence-corrected chi connectivity index (χ0v) is 10.8. The van der Waals surface area contributed by atoms with Crippen LogP contribution in [0, 0.1) is 5.92 Å². The average molecular weight is 213 g/mol. The first-order valence-corrected chi connectivity index (χ1v) is 6.45. The molecule has 0 aromatic rings. The van der Waals surface area contributed by atoms with Crippen molar-refractivity contribution in [2.45, 2.75) is 72.3 Å². The van der Waals surface area contributed by atoms with Crippen molar-refractivity contribution < 1.29 is 4.79 Å². The number of nitrogens with one attached hydrogen (secondary N) is 1. The normalized spacial score (nSPS) is 18.7. The van der Waals surface area contributed by atoms with Crippen LogP contribution >= 0.6 is 0 Å². The standard InChI is InChI=1S/C11H21NO.C2H6/c1-9(12-10(2)13)8-11-6-4-3-5-7-11;1-2/h9,11H,3-8H2,1-2H3,(H,12,13);1-2H3. The van der Waals surface area contributed by atoms with E-state index < -0.39 is 0 Å². The fourth-order valence-corrected chi connectivity index (χ4v) is 2.33. The summed E-state index contributed by atoms with van der Waals surface area (Å²) < 4.78 is 0. The van der Waals surface area contributed by atoms with Gasteiger partial charge in [-0.2, -0.15) is 0 Å². The van der Waals surface area contributed by atoms with Gasteiger partial charge >= 0.3 is 0 Å². The highest BCUT2D eigenvalue weighted by atomic mass is 16.1. The minimum Gasteiger partial charge on any atom is -0.354 e. The first-order valence-electron chi connectivity index (χ1n) is 6.45. The van der Waals surface area contributed by atoms with Crippen LogP contribution in [-0.2, 0) is 4.79 Å². The molecule has 0 aromatic heterocycles. The molecule has 0 aliphatic heterocycles. The molecule has 1 saturated carbocycles. The first kappa shape index (κ1) is 14.5. The minimum absolute atomic E-state index is 0.100. The van der Waals surface area contributed by atoms with E-state index >= 15 is 0 Å². The van der Waals surface area contributed by atoms with Crippen LogP contribution in [0.5, 0.6) is 0 Å². The Kier molecular flexibility index (Phi) is 8.44. The molecule has 0 radical (unpaired) electrons. The second-order valence-electron chi connectivity index (χ2n) is 4.34. The summed E-state index contributed by atoms with van der Waals surface area (Å²) in [5, 5.41) is 2.95. The van der Waals surface area contributed by atoms with Gasteiger partial charge in [0.25, 0.3) is 0 Å². The van der Waals surface area contributed by atoms with Gasteiger partial charge in [0, 0.05) is 13.0 Å². The fourth-order valence-electron chi connectivity index (χ4n) is 2.33. The average Bonchev–Trinajstić information content (AvgIpc) is 2.21. The molecular weight excluding hydrogens is 186 g/mol. The van der Waals surface area contributed by atoms with E-state index in [-0.39, 0.29) is 5.91 Å². The molecule has 90 valence electrons. The minimum atomic E-state index is 0.100. The van der Waals surface area contributed by atoms with Gasteiger partial charge in [0.05, 0.1) is 0 Å². The maximum atomic E-state index is 10.8. The van der Waals surface area contributed by atoms with Crippen LogP contribution in [0.25, 0.3) is 0 Å². The van der Waals surface area contributed by atoms with Gasteiger partial charge in [-0.25, -0.2) is 0 Å². The lowest BCUT2D eigenvalue weighted by atomic mass is 9.85. The predicted molar refractivity (Wildman–Crippen MR) is 65.8 cm³/mol. The van der Waals surface area contributed by atoms with Crippen molar-refractivity contribution in [3.05, 3.63) is 0 Å². The van der Waals surface area contributed by atoms with Crippen LogP contribution in [-0.4, -0.2) is 11.9 Å².